The van der Waals surface area contributed by atoms with E-state index in [1.54, 1.807) is 0 Å². The summed E-state index contributed by atoms with van der Waals surface area (Å²) in [4.78, 5) is 0. The van der Waals surface area contributed by atoms with Gasteiger partial charge in [0.25, 0.3) is 0 Å². The van der Waals surface area contributed by atoms with Crippen molar-refractivity contribution in [2.75, 3.05) is 0 Å². The lowest BCUT2D eigenvalue weighted by molar-refractivity contribution is -0.159. The maximum absolute atomic E-state index is 10.1. The summed E-state index contributed by atoms with van der Waals surface area (Å²) in [7, 11) is 0. The van der Waals surface area contributed by atoms with Crippen molar-refractivity contribution in [1.29, 1.82) is 21.0 Å². The van der Waals surface area contributed by atoms with E-state index < -0.39 is 29.0 Å². The van der Waals surface area contributed by atoms with E-state index in [0.29, 0.717) is 0 Å². The lowest BCUT2D eigenvalue weighted by Crippen LogP contribution is -2.63. The largest absolute Gasteiger partial charge is 0.362 e. The van der Waals surface area contributed by atoms with Gasteiger partial charge in [0.1, 0.15) is 6.10 Å². The lowest BCUT2D eigenvalue weighted by Gasteiger charge is -2.57. The van der Waals surface area contributed by atoms with Crippen molar-refractivity contribution < 1.29 is 4.74 Å². The third kappa shape index (κ3) is 1.74. The molecule has 1 aromatic rings. The summed E-state index contributed by atoms with van der Waals surface area (Å²) >= 11 is 0. The van der Waals surface area contributed by atoms with Gasteiger partial charge in [-0.05, 0) is 36.8 Å². The number of rotatable bonds is 1. The van der Waals surface area contributed by atoms with E-state index in [-0.39, 0.29) is 0 Å². The van der Waals surface area contributed by atoms with Gasteiger partial charge in [-0.25, -0.2) is 0 Å². The van der Waals surface area contributed by atoms with E-state index in [2.05, 4.69) is 12.1 Å². The van der Waals surface area contributed by atoms with Crippen LogP contribution in [-0.4, -0.2) is 6.10 Å². The van der Waals surface area contributed by atoms with Crippen molar-refractivity contribution in [2.45, 2.75) is 37.9 Å². The fourth-order valence-corrected chi connectivity index (χ4v) is 4.97. The summed E-state index contributed by atoms with van der Waals surface area (Å²) in [6.45, 7) is 0. The monoisotopic (exact) mass is 340 g/mol. The van der Waals surface area contributed by atoms with Crippen LogP contribution >= 0.6 is 0 Å². The molecule has 0 radical (unpaired) electrons. The van der Waals surface area contributed by atoms with Crippen LogP contribution in [0.2, 0.25) is 0 Å². The summed E-state index contributed by atoms with van der Waals surface area (Å²) in [5.41, 5.74) is -0.638. The van der Waals surface area contributed by atoms with Gasteiger partial charge in [-0.15, -0.1) is 0 Å². The Labute approximate surface area is 152 Å². The molecule has 0 saturated carbocycles. The highest BCUT2D eigenvalue weighted by Gasteiger charge is 2.73. The molecular weight excluding hydrogens is 324 g/mol. The molecule has 4 aliphatic rings. The number of fused-ring (bicyclic) bond motifs is 2. The highest BCUT2D eigenvalue weighted by molar-refractivity contribution is 5.52. The van der Waals surface area contributed by atoms with E-state index in [0.717, 1.165) is 42.4 Å². The number of hydrogen-bond donors (Lipinski definition) is 0. The summed E-state index contributed by atoms with van der Waals surface area (Å²) < 4.78 is 6.29. The van der Waals surface area contributed by atoms with Gasteiger partial charge >= 0.3 is 0 Å². The van der Waals surface area contributed by atoms with Crippen LogP contribution < -0.4 is 0 Å². The van der Waals surface area contributed by atoms with Gasteiger partial charge in [-0.3, -0.25) is 0 Å². The predicted molar refractivity (Wildman–Crippen MR) is 90.4 cm³/mol. The van der Waals surface area contributed by atoms with Gasteiger partial charge in [-0.2, -0.15) is 21.0 Å². The first-order chi connectivity index (χ1) is 12.7. The molecule has 0 unspecified atom stereocenters. The molecule has 2 heterocycles. The molecule has 5 nitrogen and oxygen atoms in total. The van der Waals surface area contributed by atoms with Gasteiger partial charge in [0.05, 0.1) is 30.4 Å². The molecule has 3 atom stereocenters. The van der Waals surface area contributed by atoms with Crippen molar-refractivity contribution in [3.63, 3.8) is 0 Å². The fraction of sp³-hybridized carbons (Fsp3) is 0.429. The lowest BCUT2D eigenvalue weighted by atomic mass is 9.46. The quantitative estimate of drug-likeness (QED) is 0.725. The maximum atomic E-state index is 10.1. The Kier molecular flexibility index (Phi) is 3.59. The molecule has 2 aliphatic carbocycles. The molecule has 2 bridgehead atoms. The van der Waals surface area contributed by atoms with Crippen LogP contribution in [-0.2, 0) is 4.74 Å². The molecule has 1 aromatic carbocycles. The van der Waals surface area contributed by atoms with E-state index in [9.17, 15) is 21.0 Å². The third-order valence-electron chi connectivity index (χ3n) is 6.15. The van der Waals surface area contributed by atoms with Gasteiger partial charge in [0, 0.05) is 5.92 Å². The summed E-state index contributed by atoms with van der Waals surface area (Å²) in [5.74, 6) is -0.598. The second-order valence-electron chi connectivity index (χ2n) is 7.15. The molecule has 0 amide bonds. The topological polar surface area (TPSA) is 104 Å². The minimum atomic E-state index is -1.80. The average Bonchev–Trinajstić information content (AvgIpc) is 2.73. The second-order valence-corrected chi connectivity index (χ2v) is 7.15. The molecular formula is C21H16N4O. The smallest absolute Gasteiger partial charge is 0.205 e. The van der Waals surface area contributed by atoms with E-state index >= 15 is 0 Å². The highest BCUT2D eigenvalue weighted by Crippen LogP contribution is 2.66. The van der Waals surface area contributed by atoms with Crippen molar-refractivity contribution in [3.8, 4) is 24.3 Å². The zero-order valence-corrected chi connectivity index (χ0v) is 14.1. The minimum absolute atomic E-state index is 0.493. The van der Waals surface area contributed by atoms with Crippen molar-refractivity contribution in [3.05, 3.63) is 47.0 Å². The van der Waals surface area contributed by atoms with Crippen molar-refractivity contribution in [1.82, 2.24) is 0 Å². The maximum Gasteiger partial charge on any atom is 0.205 e. The Morgan fingerprint density at radius 3 is 1.96 bits per heavy atom. The van der Waals surface area contributed by atoms with Gasteiger partial charge in [-0.1, -0.05) is 35.9 Å². The molecule has 0 aromatic heterocycles. The molecule has 126 valence electrons. The summed E-state index contributed by atoms with van der Waals surface area (Å²) in [5, 5.41) is 40.0. The molecule has 0 spiro atoms. The Morgan fingerprint density at radius 1 is 0.808 bits per heavy atom. The van der Waals surface area contributed by atoms with Crippen LogP contribution in [0.3, 0.4) is 0 Å². The van der Waals surface area contributed by atoms with Crippen molar-refractivity contribution >= 4 is 0 Å². The first-order valence-electron chi connectivity index (χ1n) is 8.76. The van der Waals surface area contributed by atoms with Crippen LogP contribution in [0, 0.1) is 62.1 Å². The Morgan fingerprint density at radius 2 is 1.38 bits per heavy atom. The number of nitriles is 4. The number of hydrogen-bond acceptors (Lipinski definition) is 5. The van der Waals surface area contributed by atoms with Crippen LogP contribution in [0.25, 0.3) is 0 Å². The van der Waals surface area contributed by atoms with E-state index in [1.807, 2.05) is 42.5 Å². The molecule has 1 fully saturated rings. The Balaban J connectivity index is 2.02. The zero-order valence-electron chi connectivity index (χ0n) is 14.1. The van der Waals surface area contributed by atoms with Crippen LogP contribution in [0.15, 0.2) is 41.5 Å². The average molecular weight is 340 g/mol. The molecule has 5 rings (SSSR count). The molecule has 1 saturated heterocycles. The summed E-state index contributed by atoms with van der Waals surface area (Å²) in [6.07, 6.45) is 2.19. The Hall–Kier alpha value is -3.12. The third-order valence-corrected chi connectivity index (χ3v) is 6.15. The zero-order chi connectivity index (χ0) is 18.4. The standard InChI is InChI=1S/C21H16N4O/c22-10-20(11-23)17-15-8-4-5-9-16(15)19(21(20,12-24)13-25)26-18(17)14-6-2-1-3-7-14/h1-3,6-7,17-19H,4-5,8-9H2/t17-,18+,19-/m1/s1. The predicted octanol–water partition coefficient (Wildman–Crippen LogP) is 3.69. The highest BCUT2D eigenvalue weighted by atomic mass is 16.5. The SMILES string of the molecule is N#CC1(C#N)[C@@H]2O[C@@H](c3ccccc3)[C@@H](C3=C2CCCC3)C1(C#N)C#N. The van der Waals surface area contributed by atoms with Crippen LogP contribution in [0.5, 0.6) is 0 Å². The van der Waals surface area contributed by atoms with Gasteiger partial charge in [0.15, 0.2) is 5.41 Å². The number of benzene rings is 1. The second kappa shape index (κ2) is 5.71. The van der Waals surface area contributed by atoms with E-state index in [1.165, 1.54) is 0 Å². The molecule has 0 N–H and O–H groups in total. The number of ether oxygens (including phenoxy) is 1. The fourth-order valence-electron chi connectivity index (χ4n) is 4.97. The van der Waals surface area contributed by atoms with E-state index in [4.69, 9.17) is 4.74 Å². The molecule has 26 heavy (non-hydrogen) atoms. The first kappa shape index (κ1) is 16.4. The normalized spacial score (nSPS) is 30.2. The number of nitrogens with zero attached hydrogens (tertiary/aromatic N) is 4. The molecule has 5 heteroatoms. The molecule has 2 aliphatic heterocycles. The Bertz CT molecular complexity index is 923. The minimum Gasteiger partial charge on any atom is -0.362 e. The van der Waals surface area contributed by atoms with Gasteiger partial charge in [0.2, 0.25) is 5.41 Å². The van der Waals surface area contributed by atoms with Crippen molar-refractivity contribution in [2.24, 2.45) is 16.7 Å². The summed E-state index contributed by atoms with van der Waals surface area (Å²) in [6, 6.07) is 17.8. The first-order valence-corrected chi connectivity index (χ1v) is 8.76. The van der Waals surface area contributed by atoms with Crippen LogP contribution in [0.1, 0.15) is 37.4 Å². The van der Waals surface area contributed by atoms with Gasteiger partial charge < -0.3 is 4.74 Å². The van der Waals surface area contributed by atoms with Crippen LogP contribution in [0.4, 0.5) is 0 Å².